The van der Waals surface area contributed by atoms with Crippen LogP contribution in [0.25, 0.3) is 0 Å². The fraction of sp³-hybridized carbons (Fsp3) is 0.739. The lowest BCUT2D eigenvalue weighted by molar-refractivity contribution is -0.168. The molecule has 0 aromatic carbocycles. The van der Waals surface area contributed by atoms with Crippen LogP contribution in [0.4, 0.5) is 0 Å². The first-order valence-corrected chi connectivity index (χ1v) is 10.6. The minimum atomic E-state index is -0.328. The zero-order valence-corrected chi connectivity index (χ0v) is 15.6. The average Bonchev–Trinajstić information content (AvgIpc) is 3.24. The van der Waals surface area contributed by atoms with Crippen molar-refractivity contribution in [2.75, 3.05) is 0 Å². The third-order valence-corrected chi connectivity index (χ3v) is 9.51. The van der Waals surface area contributed by atoms with Crippen LogP contribution in [0.1, 0.15) is 64.7 Å². The van der Waals surface area contributed by atoms with Crippen molar-refractivity contribution in [1.29, 1.82) is 0 Å². The largest absolute Gasteiger partial charge is 0.450 e. The lowest BCUT2D eigenvalue weighted by Gasteiger charge is -2.55. The Morgan fingerprint density at radius 3 is 2.62 bits per heavy atom. The summed E-state index contributed by atoms with van der Waals surface area (Å²) < 4.78 is 6.15. The van der Waals surface area contributed by atoms with E-state index in [1.165, 1.54) is 37.7 Å². The van der Waals surface area contributed by atoms with E-state index in [-0.39, 0.29) is 22.4 Å². The summed E-state index contributed by atoms with van der Waals surface area (Å²) in [4.78, 5) is 24.0. The molecular weight excluding hydrogens is 324 g/mol. The Balaban J connectivity index is 1.39. The van der Waals surface area contributed by atoms with Gasteiger partial charge in [0.2, 0.25) is 0 Å². The minimum absolute atomic E-state index is 0.0963. The zero-order valence-electron chi connectivity index (χ0n) is 15.6. The lowest BCUT2D eigenvalue weighted by Crippen LogP contribution is -2.54. The number of esters is 1. The first-order valence-electron chi connectivity index (χ1n) is 10.6. The van der Waals surface area contributed by atoms with E-state index in [4.69, 9.17) is 4.74 Å². The first-order chi connectivity index (χ1) is 12.5. The van der Waals surface area contributed by atoms with E-state index in [2.05, 4.69) is 13.0 Å². The number of carbonyl (C=O) groups excluding carboxylic acids is 2. The quantitative estimate of drug-likeness (QED) is 0.608. The highest BCUT2D eigenvalue weighted by Gasteiger charge is 2.77. The van der Waals surface area contributed by atoms with Crippen molar-refractivity contribution >= 4 is 11.8 Å². The number of ether oxygens (including phenoxy) is 1. The molecule has 0 bridgehead atoms. The average molecular weight is 352 g/mol. The molecular formula is C23H28O3. The van der Waals surface area contributed by atoms with Crippen molar-refractivity contribution in [3.05, 3.63) is 23.8 Å². The second-order valence-corrected chi connectivity index (χ2v) is 10.2. The Morgan fingerprint density at radius 2 is 1.88 bits per heavy atom. The molecule has 4 fully saturated rings. The molecule has 6 rings (SSSR count). The molecule has 4 saturated carbocycles. The number of ketones is 1. The molecule has 0 unspecified atom stereocenters. The summed E-state index contributed by atoms with van der Waals surface area (Å²) in [5, 5.41) is 0. The molecule has 0 radical (unpaired) electrons. The number of hydrogen-bond acceptors (Lipinski definition) is 3. The number of fused-ring (bicyclic) bond motifs is 7. The second kappa shape index (κ2) is 4.72. The van der Waals surface area contributed by atoms with Crippen LogP contribution in [0.3, 0.4) is 0 Å². The van der Waals surface area contributed by atoms with Gasteiger partial charge in [0.05, 0.1) is 0 Å². The fourth-order valence-corrected chi connectivity index (χ4v) is 8.25. The van der Waals surface area contributed by atoms with Crippen LogP contribution >= 0.6 is 0 Å². The van der Waals surface area contributed by atoms with Crippen LogP contribution in [0.15, 0.2) is 23.8 Å². The monoisotopic (exact) mass is 352 g/mol. The van der Waals surface area contributed by atoms with Gasteiger partial charge in [-0.1, -0.05) is 12.5 Å². The molecule has 0 saturated heterocycles. The third kappa shape index (κ3) is 1.67. The summed E-state index contributed by atoms with van der Waals surface area (Å²) in [5.41, 5.74) is 1.44. The van der Waals surface area contributed by atoms with E-state index in [0.717, 1.165) is 37.5 Å². The van der Waals surface area contributed by atoms with Gasteiger partial charge in [0, 0.05) is 23.3 Å². The summed E-state index contributed by atoms with van der Waals surface area (Å²) in [6.45, 7) is 2.43. The van der Waals surface area contributed by atoms with Crippen molar-refractivity contribution in [1.82, 2.24) is 0 Å². The van der Waals surface area contributed by atoms with Crippen LogP contribution in [0.5, 0.6) is 0 Å². The van der Waals surface area contributed by atoms with Gasteiger partial charge in [-0.05, 0) is 87.2 Å². The van der Waals surface area contributed by atoms with Crippen molar-refractivity contribution in [3.8, 4) is 0 Å². The molecule has 0 N–H and O–H groups in total. The molecule has 0 amide bonds. The van der Waals surface area contributed by atoms with Gasteiger partial charge in [0.15, 0.2) is 5.78 Å². The molecule has 3 nitrogen and oxygen atoms in total. The van der Waals surface area contributed by atoms with Gasteiger partial charge in [0.1, 0.15) is 5.60 Å². The second-order valence-electron chi connectivity index (χ2n) is 10.2. The van der Waals surface area contributed by atoms with Crippen LogP contribution < -0.4 is 0 Å². The van der Waals surface area contributed by atoms with Gasteiger partial charge in [-0.15, -0.1) is 0 Å². The molecule has 0 aromatic heterocycles. The summed E-state index contributed by atoms with van der Waals surface area (Å²) >= 11 is 0. The maximum atomic E-state index is 12.1. The Hall–Kier alpha value is -1.38. The van der Waals surface area contributed by atoms with E-state index in [0.29, 0.717) is 17.6 Å². The van der Waals surface area contributed by atoms with Crippen molar-refractivity contribution in [2.24, 2.45) is 34.5 Å². The highest BCUT2D eigenvalue weighted by atomic mass is 16.6. The van der Waals surface area contributed by atoms with E-state index in [1.54, 1.807) is 6.08 Å². The van der Waals surface area contributed by atoms with Gasteiger partial charge >= 0.3 is 5.97 Å². The van der Waals surface area contributed by atoms with E-state index in [9.17, 15) is 9.59 Å². The van der Waals surface area contributed by atoms with Crippen molar-refractivity contribution in [3.63, 3.8) is 0 Å². The zero-order chi connectivity index (χ0) is 17.7. The number of rotatable bonds is 0. The molecule has 6 atom stereocenters. The van der Waals surface area contributed by atoms with Gasteiger partial charge in [-0.25, -0.2) is 4.79 Å². The Kier molecular flexibility index (Phi) is 2.84. The van der Waals surface area contributed by atoms with Gasteiger partial charge in [-0.3, -0.25) is 4.79 Å². The predicted octanol–water partition coefficient (Wildman–Crippen LogP) is 4.37. The Labute approximate surface area is 155 Å². The van der Waals surface area contributed by atoms with Crippen LogP contribution in [-0.2, 0) is 14.3 Å². The smallest absolute Gasteiger partial charge is 0.331 e. The van der Waals surface area contributed by atoms with E-state index < -0.39 is 0 Å². The molecule has 5 aliphatic carbocycles. The molecule has 2 spiro atoms. The van der Waals surface area contributed by atoms with Crippen LogP contribution in [0.2, 0.25) is 0 Å². The van der Waals surface area contributed by atoms with E-state index in [1.807, 2.05) is 6.08 Å². The molecule has 3 heteroatoms. The predicted molar refractivity (Wildman–Crippen MR) is 97.1 cm³/mol. The molecule has 138 valence electrons. The maximum Gasteiger partial charge on any atom is 0.331 e. The van der Waals surface area contributed by atoms with Crippen molar-refractivity contribution < 1.29 is 14.3 Å². The Bertz CT molecular complexity index is 772. The highest BCUT2D eigenvalue weighted by Crippen LogP contribution is 2.78. The molecule has 26 heavy (non-hydrogen) atoms. The molecule has 0 aromatic rings. The SMILES string of the molecule is C[C@]12CC[C@H]3[C@@H](CCC4=CC(=O)CC[C@@H]43)[C@@H]1CC1(CC1)[C@@]21C=CC(=O)O1. The normalized spacial score (nSPS) is 50.3. The summed E-state index contributed by atoms with van der Waals surface area (Å²) in [6, 6.07) is 0. The Morgan fingerprint density at radius 1 is 1.04 bits per heavy atom. The van der Waals surface area contributed by atoms with E-state index >= 15 is 0 Å². The summed E-state index contributed by atoms with van der Waals surface area (Å²) in [6.07, 6.45) is 16.1. The van der Waals surface area contributed by atoms with Crippen LogP contribution in [0, 0.1) is 34.5 Å². The lowest BCUT2D eigenvalue weighted by atomic mass is 9.50. The topological polar surface area (TPSA) is 43.4 Å². The minimum Gasteiger partial charge on any atom is -0.450 e. The molecule has 1 heterocycles. The molecule has 6 aliphatic rings. The summed E-state index contributed by atoms with van der Waals surface area (Å²) in [5.74, 6) is 3.01. The summed E-state index contributed by atoms with van der Waals surface area (Å²) in [7, 11) is 0. The first kappa shape index (κ1) is 15.7. The van der Waals surface area contributed by atoms with Gasteiger partial charge in [0.25, 0.3) is 0 Å². The standard InChI is InChI=1S/C23H28O3/c1-21-8-6-17-16-5-3-15(24)12-14(16)2-4-18(17)19(21)13-22(10-11-22)23(21)9-7-20(25)26-23/h7,9,12,16-19H,2-6,8,10-11,13H2,1H3/t16-,17+,18+,19-,21-,23+/m0/s1. The number of allylic oxidation sites excluding steroid dienone is 1. The highest BCUT2D eigenvalue weighted by molar-refractivity contribution is 5.91. The number of hydrogen-bond donors (Lipinski definition) is 0. The van der Waals surface area contributed by atoms with Gasteiger partial charge < -0.3 is 4.74 Å². The molecule has 1 aliphatic heterocycles. The number of carbonyl (C=O) groups is 2. The van der Waals surface area contributed by atoms with Gasteiger partial charge in [-0.2, -0.15) is 0 Å². The maximum absolute atomic E-state index is 12.1. The van der Waals surface area contributed by atoms with Crippen LogP contribution in [-0.4, -0.2) is 17.4 Å². The third-order valence-electron chi connectivity index (χ3n) is 9.51. The fourth-order valence-electron chi connectivity index (χ4n) is 8.25. The van der Waals surface area contributed by atoms with Crippen molar-refractivity contribution in [2.45, 2.75) is 70.3 Å².